The predicted octanol–water partition coefficient (Wildman–Crippen LogP) is 5.25. The fourth-order valence-electron chi connectivity index (χ4n) is 4.08. The Morgan fingerprint density at radius 3 is 2.61 bits per heavy atom. The van der Waals surface area contributed by atoms with Gasteiger partial charge in [-0.05, 0) is 46.2 Å². The number of anilines is 5. The van der Waals surface area contributed by atoms with E-state index in [-0.39, 0.29) is 11.9 Å². The molecule has 0 aliphatic heterocycles. The van der Waals surface area contributed by atoms with E-state index in [9.17, 15) is 4.79 Å². The minimum absolute atomic E-state index is 0.246. The van der Waals surface area contributed by atoms with Gasteiger partial charge < -0.3 is 30.1 Å². The molecule has 0 aliphatic carbocycles. The number of hydrogen-bond acceptors (Lipinski definition) is 10. The second-order valence-electron chi connectivity index (χ2n) is 10.1. The van der Waals surface area contributed by atoms with Gasteiger partial charge in [0.25, 0.3) is 0 Å². The second kappa shape index (κ2) is 12.8. The van der Waals surface area contributed by atoms with Crippen LogP contribution in [-0.2, 0) is 4.79 Å². The largest absolute Gasteiger partial charge is 0.494 e. The maximum Gasteiger partial charge on any atom is 0.247 e. The minimum Gasteiger partial charge on any atom is -0.494 e. The fraction of sp³-hybridized carbons (Fsp3) is 0.357. The highest BCUT2D eigenvalue weighted by Gasteiger charge is 2.21. The summed E-state index contributed by atoms with van der Waals surface area (Å²) in [6, 6.07) is 7.65. The van der Waals surface area contributed by atoms with Crippen molar-refractivity contribution in [2.75, 3.05) is 68.8 Å². The number of fused-ring (bicyclic) bond motifs is 1. The van der Waals surface area contributed by atoms with Crippen molar-refractivity contribution < 1.29 is 9.53 Å². The molecule has 0 unspecified atom stereocenters. The third-order valence-corrected chi connectivity index (χ3v) is 7.82. The molecule has 0 radical (unpaired) electrons. The maximum atomic E-state index is 12.3. The van der Waals surface area contributed by atoms with Crippen LogP contribution in [0.15, 0.2) is 43.1 Å². The second-order valence-corrected chi connectivity index (χ2v) is 11.7. The normalized spacial score (nSPS) is 11.3. The first kappa shape index (κ1) is 30.1. The molecular formula is C28H36ClN9O2S. The molecule has 1 aromatic carbocycles. The molecular weight excluding hydrogens is 562 g/mol. The van der Waals surface area contributed by atoms with Gasteiger partial charge in [0.05, 0.1) is 33.9 Å². The molecule has 0 spiro atoms. The molecule has 4 rings (SSSR count). The smallest absolute Gasteiger partial charge is 0.247 e. The zero-order valence-corrected chi connectivity index (χ0v) is 26.0. The average Bonchev–Trinajstić information content (AvgIpc) is 3.48. The number of nitrogens with zero attached hydrogens (tertiary/aromatic N) is 7. The summed E-state index contributed by atoms with van der Waals surface area (Å²) in [5.74, 6) is 1.98. The molecule has 4 aromatic rings. The minimum atomic E-state index is -0.318. The molecule has 3 heterocycles. The topological polar surface area (TPSA) is 104 Å². The summed E-state index contributed by atoms with van der Waals surface area (Å²) in [5, 5.41) is 12.0. The Bertz CT molecular complexity index is 1550. The van der Waals surface area contributed by atoms with Gasteiger partial charge in [-0.15, -0.1) is 16.4 Å². The van der Waals surface area contributed by atoms with Crippen LogP contribution in [0, 0.1) is 0 Å². The van der Waals surface area contributed by atoms with Crippen molar-refractivity contribution in [3.63, 3.8) is 0 Å². The molecule has 41 heavy (non-hydrogen) atoms. The highest BCUT2D eigenvalue weighted by Crippen LogP contribution is 2.39. The predicted molar refractivity (Wildman–Crippen MR) is 170 cm³/mol. The van der Waals surface area contributed by atoms with Gasteiger partial charge in [0.2, 0.25) is 11.9 Å². The first-order chi connectivity index (χ1) is 19.5. The summed E-state index contributed by atoms with van der Waals surface area (Å²) in [6.07, 6.45) is 2.90. The lowest BCUT2D eigenvalue weighted by Crippen LogP contribution is -2.29. The Labute approximate surface area is 249 Å². The molecule has 11 nitrogen and oxygen atoms in total. The number of carbonyl (C=O) groups is 1. The van der Waals surface area contributed by atoms with E-state index in [1.165, 1.54) is 17.4 Å². The van der Waals surface area contributed by atoms with Crippen LogP contribution < -0.4 is 25.2 Å². The average molecular weight is 598 g/mol. The number of carbonyl (C=O) groups excluding carboxylic acids is 1. The fourth-order valence-corrected chi connectivity index (χ4v) is 5.25. The summed E-state index contributed by atoms with van der Waals surface area (Å²) in [4.78, 5) is 28.6. The van der Waals surface area contributed by atoms with Crippen LogP contribution in [0.5, 0.6) is 5.75 Å². The number of hydrogen-bond donors (Lipinski definition) is 2. The van der Waals surface area contributed by atoms with Crippen molar-refractivity contribution in [1.29, 1.82) is 0 Å². The molecule has 0 saturated heterocycles. The van der Waals surface area contributed by atoms with Crippen molar-refractivity contribution in [1.82, 2.24) is 24.6 Å². The summed E-state index contributed by atoms with van der Waals surface area (Å²) >= 11 is 7.84. The number of benzene rings is 1. The van der Waals surface area contributed by atoms with Gasteiger partial charge in [-0.25, -0.2) is 9.67 Å². The standard InChI is InChI=1S/C28H36ClN9O2S/c1-9-25(39)31-19-15-20(22(40-8)16-21(19)36(6)13-12-35(4)5)32-28-30-11-10-24(33-28)38-27-18(14-23(29)41-27)26(34-38)37(7)17(2)3/h9-11,14-17H,1,12-13H2,2-8H3,(H,31,39)(H,30,32,33). The summed E-state index contributed by atoms with van der Waals surface area (Å²) < 4.78 is 8.18. The van der Waals surface area contributed by atoms with Crippen LogP contribution in [0.3, 0.4) is 0 Å². The first-order valence-electron chi connectivity index (χ1n) is 13.0. The summed E-state index contributed by atoms with van der Waals surface area (Å²) in [6.45, 7) is 9.37. The van der Waals surface area contributed by atoms with Gasteiger partial charge in [0, 0.05) is 51.6 Å². The third-order valence-electron chi connectivity index (χ3n) is 6.58. The Balaban J connectivity index is 1.73. The lowest BCUT2D eigenvalue weighted by Gasteiger charge is -2.26. The lowest BCUT2D eigenvalue weighted by atomic mass is 10.2. The molecule has 3 aromatic heterocycles. The van der Waals surface area contributed by atoms with Gasteiger partial charge in [0.15, 0.2) is 11.6 Å². The lowest BCUT2D eigenvalue weighted by molar-refractivity contribution is -0.111. The third kappa shape index (κ3) is 6.72. The SMILES string of the molecule is C=CC(=O)Nc1cc(Nc2nccc(-n3nc(N(C)C(C)C)c4cc(Cl)sc43)n2)c(OC)cc1N(C)CCN(C)C. The number of likely N-dealkylation sites (N-methyl/N-ethyl adjacent to an activating group) is 2. The van der Waals surface area contributed by atoms with Crippen molar-refractivity contribution in [3.8, 4) is 11.6 Å². The molecule has 1 amide bonds. The zero-order valence-electron chi connectivity index (χ0n) is 24.4. The van der Waals surface area contributed by atoms with Gasteiger partial charge in [-0.3, -0.25) is 4.79 Å². The van der Waals surface area contributed by atoms with Gasteiger partial charge in [0.1, 0.15) is 10.6 Å². The van der Waals surface area contributed by atoms with Gasteiger partial charge in [-0.1, -0.05) is 18.2 Å². The van der Waals surface area contributed by atoms with E-state index in [1.54, 1.807) is 30.1 Å². The first-order valence-corrected chi connectivity index (χ1v) is 14.2. The highest BCUT2D eigenvalue weighted by atomic mass is 35.5. The van der Waals surface area contributed by atoms with E-state index in [1.807, 2.05) is 40.3 Å². The van der Waals surface area contributed by atoms with E-state index in [2.05, 4.69) is 50.7 Å². The van der Waals surface area contributed by atoms with Crippen LogP contribution in [0.1, 0.15) is 13.8 Å². The monoisotopic (exact) mass is 597 g/mol. The molecule has 0 aliphatic rings. The number of halogens is 1. The van der Waals surface area contributed by atoms with Crippen LogP contribution in [0.25, 0.3) is 16.0 Å². The van der Waals surface area contributed by atoms with Crippen LogP contribution in [0.4, 0.5) is 28.8 Å². The number of methoxy groups -OCH3 is 1. The summed E-state index contributed by atoms with van der Waals surface area (Å²) in [5.41, 5.74) is 1.98. The highest BCUT2D eigenvalue weighted by molar-refractivity contribution is 7.22. The molecule has 13 heteroatoms. The van der Waals surface area contributed by atoms with E-state index in [0.717, 1.165) is 34.8 Å². The van der Waals surface area contributed by atoms with E-state index in [4.69, 9.17) is 26.4 Å². The number of thiophene rings is 1. The Hall–Kier alpha value is -3.87. The van der Waals surface area contributed by atoms with E-state index >= 15 is 0 Å². The Morgan fingerprint density at radius 1 is 1.20 bits per heavy atom. The number of amides is 1. The molecule has 0 saturated carbocycles. The molecule has 0 fully saturated rings. The molecule has 0 bridgehead atoms. The van der Waals surface area contributed by atoms with Gasteiger partial charge >= 0.3 is 0 Å². The molecule has 0 atom stereocenters. The number of nitrogens with one attached hydrogen (secondary N) is 2. The Morgan fingerprint density at radius 2 is 1.95 bits per heavy atom. The summed E-state index contributed by atoms with van der Waals surface area (Å²) in [7, 11) is 9.60. The molecule has 2 N–H and O–H groups in total. The van der Waals surface area contributed by atoms with Crippen LogP contribution in [-0.4, -0.2) is 85.0 Å². The van der Waals surface area contributed by atoms with E-state index in [0.29, 0.717) is 33.2 Å². The number of ether oxygens (including phenoxy) is 1. The van der Waals surface area contributed by atoms with Crippen LogP contribution >= 0.6 is 22.9 Å². The quantitative estimate of drug-likeness (QED) is 0.212. The Kier molecular flexibility index (Phi) is 9.36. The van der Waals surface area contributed by atoms with Crippen molar-refractivity contribution in [2.45, 2.75) is 19.9 Å². The van der Waals surface area contributed by atoms with Crippen LogP contribution in [0.2, 0.25) is 4.34 Å². The van der Waals surface area contributed by atoms with Crippen molar-refractivity contribution >= 4 is 67.9 Å². The van der Waals surface area contributed by atoms with Gasteiger partial charge in [-0.2, -0.15) is 4.98 Å². The zero-order chi connectivity index (χ0) is 29.8. The van der Waals surface area contributed by atoms with E-state index < -0.39 is 0 Å². The number of aromatic nitrogens is 4. The molecule has 218 valence electrons. The van der Waals surface area contributed by atoms with Crippen molar-refractivity contribution in [2.24, 2.45) is 0 Å². The maximum absolute atomic E-state index is 12.3. The number of rotatable bonds is 12. The van der Waals surface area contributed by atoms with Crippen molar-refractivity contribution in [3.05, 3.63) is 47.5 Å².